The normalized spacial score (nSPS) is 38.3. The number of cyclic esters (lactones) is 1. The Hall–Kier alpha value is -3.54. The summed E-state index contributed by atoms with van der Waals surface area (Å²) in [6, 6.07) is 3.02. The number of carbonyl (C=O) groups is 4. The van der Waals surface area contributed by atoms with Gasteiger partial charge in [0.25, 0.3) is 0 Å². The molecule has 0 aliphatic carbocycles. The Morgan fingerprint density at radius 2 is 1.68 bits per heavy atom. The van der Waals surface area contributed by atoms with Gasteiger partial charge in [-0.1, -0.05) is 38.9 Å². The van der Waals surface area contributed by atoms with Crippen LogP contribution in [0.2, 0.25) is 0 Å². The van der Waals surface area contributed by atoms with Gasteiger partial charge >= 0.3 is 23.9 Å². The summed E-state index contributed by atoms with van der Waals surface area (Å²) >= 11 is 0. The maximum Gasteiger partial charge on any atom is 0.331 e. The van der Waals surface area contributed by atoms with Gasteiger partial charge in [0, 0.05) is 44.0 Å². The van der Waals surface area contributed by atoms with E-state index >= 15 is 0 Å². The van der Waals surface area contributed by atoms with Crippen LogP contribution in [0.5, 0.6) is 0 Å². The number of aliphatic hydroxyl groups excluding tert-OH is 1. The van der Waals surface area contributed by atoms with Gasteiger partial charge in [-0.05, 0) is 72.7 Å². The van der Waals surface area contributed by atoms with Crippen molar-refractivity contribution in [3.63, 3.8) is 0 Å². The van der Waals surface area contributed by atoms with Crippen LogP contribution in [0.3, 0.4) is 0 Å². The molecule has 0 spiro atoms. The molecule has 16 nitrogen and oxygen atoms in total. The third-order valence-electron chi connectivity index (χ3n) is 11.0. The van der Waals surface area contributed by atoms with Crippen molar-refractivity contribution in [3.05, 3.63) is 30.1 Å². The van der Waals surface area contributed by atoms with E-state index in [4.69, 9.17) is 28.5 Å². The number of hydrogen-bond donors (Lipinski definition) is 3. The van der Waals surface area contributed by atoms with Crippen LogP contribution in [-0.4, -0.2) is 129 Å². The smallest absolute Gasteiger partial charge is 0.331 e. The first-order chi connectivity index (χ1) is 26.0. The summed E-state index contributed by atoms with van der Waals surface area (Å²) < 4.78 is 30.9. The number of rotatable bonds is 9. The fourth-order valence-corrected chi connectivity index (χ4v) is 8.07. The Balaban J connectivity index is 2.27. The lowest BCUT2D eigenvalue weighted by molar-refractivity contribution is -0.301. The van der Waals surface area contributed by atoms with Gasteiger partial charge in [0.1, 0.15) is 17.8 Å². The molecule has 2 aliphatic rings. The predicted molar refractivity (Wildman–Crippen MR) is 203 cm³/mol. The molecule has 2 aliphatic heterocycles. The molecule has 56 heavy (non-hydrogen) atoms. The van der Waals surface area contributed by atoms with Crippen LogP contribution >= 0.6 is 0 Å². The number of pyridine rings is 1. The van der Waals surface area contributed by atoms with E-state index in [2.05, 4.69) is 10.1 Å². The maximum atomic E-state index is 14.1. The lowest BCUT2D eigenvalue weighted by Crippen LogP contribution is -2.61. The summed E-state index contributed by atoms with van der Waals surface area (Å²) in [6.45, 7) is 15.2. The number of carbonyl (C=O) groups excluding carboxylic acids is 4. The second kappa shape index (κ2) is 19.7. The molecule has 2 saturated heterocycles. The molecule has 3 rings (SSSR count). The Morgan fingerprint density at radius 1 is 1.02 bits per heavy atom. The highest BCUT2D eigenvalue weighted by Gasteiger charge is 2.52. The van der Waals surface area contributed by atoms with E-state index < -0.39 is 95.6 Å². The molecule has 1 aromatic heterocycles. The number of nitrogens with zero attached hydrogens (tertiary/aromatic N) is 3. The highest BCUT2D eigenvalue weighted by molar-refractivity contribution is 5.89. The molecular formula is C40H63N3O13. The number of likely N-dealkylation sites (N-methyl/N-ethyl adjacent to an activating group) is 1. The molecule has 0 bridgehead atoms. The van der Waals surface area contributed by atoms with Crippen molar-refractivity contribution < 1.29 is 63.0 Å². The van der Waals surface area contributed by atoms with Gasteiger partial charge < -0.3 is 48.7 Å². The quantitative estimate of drug-likeness (QED) is 0.142. The lowest BCUT2D eigenvalue weighted by Gasteiger charge is -2.48. The van der Waals surface area contributed by atoms with E-state index in [-0.39, 0.29) is 37.1 Å². The van der Waals surface area contributed by atoms with Crippen molar-refractivity contribution in [3.8, 4) is 0 Å². The monoisotopic (exact) mass is 793 g/mol. The first kappa shape index (κ1) is 46.8. The number of ether oxygens (including phenoxy) is 5. The summed E-state index contributed by atoms with van der Waals surface area (Å²) in [5, 5.41) is 40.2. The molecule has 0 aromatic carbocycles. The van der Waals surface area contributed by atoms with Gasteiger partial charge in [-0.2, -0.15) is 0 Å². The molecule has 3 heterocycles. The minimum atomic E-state index is -2.04. The van der Waals surface area contributed by atoms with Crippen molar-refractivity contribution in [2.45, 2.75) is 155 Å². The lowest BCUT2D eigenvalue weighted by atomic mass is 9.73. The zero-order valence-electron chi connectivity index (χ0n) is 34.8. The summed E-state index contributed by atoms with van der Waals surface area (Å²) in [5.74, 6) is -6.79. The minimum absolute atomic E-state index is 0.0878. The number of aliphatic hydroxyl groups is 3. The van der Waals surface area contributed by atoms with E-state index in [0.717, 1.165) is 6.92 Å². The molecule has 0 radical (unpaired) electrons. The third kappa shape index (κ3) is 11.8. The molecule has 0 saturated carbocycles. The van der Waals surface area contributed by atoms with E-state index in [1.165, 1.54) is 33.9 Å². The first-order valence-electron chi connectivity index (χ1n) is 19.3. The Bertz CT molecular complexity index is 1520. The summed E-state index contributed by atoms with van der Waals surface area (Å²) in [5.41, 5.74) is -3.24. The Kier molecular flexibility index (Phi) is 16.5. The molecule has 316 valence electrons. The zero-order chi connectivity index (χ0) is 42.3. The van der Waals surface area contributed by atoms with E-state index in [1.807, 2.05) is 25.9 Å². The van der Waals surface area contributed by atoms with Crippen LogP contribution in [0.25, 0.3) is 0 Å². The number of hydrogen-bond acceptors (Lipinski definition) is 16. The third-order valence-corrected chi connectivity index (χ3v) is 11.0. The topological polar surface area (TPSA) is 213 Å². The average Bonchev–Trinajstić information content (AvgIpc) is 3.10. The van der Waals surface area contributed by atoms with Gasteiger partial charge in [-0.25, -0.2) is 4.79 Å². The largest absolute Gasteiger partial charge is 0.461 e. The standard InChI is InChI=1S/C40H63N3O13/c1-13-30-40(10,50)35(47)23(4)32(42-56-27(8)45)21(2)19-39(9,49)36(55-38-34(52-26(7)44)29(43(11)12)17-22(3)51-38)24(5)33(25(6)37(48)53-30)54-31(46)18-28-15-14-16-41-20-28/h14-16,20-25,29-30,33-36,38,47,49-50H,13,17-19H2,1-12H3/b42-32+/t21-,22-,23+,24+,25-,29+,30-,33+,34-,35-,36-,38+,39+,40-/m1/s1. The Labute approximate surface area is 330 Å². The fourth-order valence-electron chi connectivity index (χ4n) is 8.07. The van der Waals surface area contributed by atoms with Crippen LogP contribution in [0, 0.1) is 23.7 Å². The van der Waals surface area contributed by atoms with Crippen molar-refractivity contribution >= 4 is 29.6 Å². The maximum absolute atomic E-state index is 14.1. The van der Waals surface area contributed by atoms with Crippen molar-refractivity contribution in [1.29, 1.82) is 0 Å². The van der Waals surface area contributed by atoms with Crippen molar-refractivity contribution in [2.24, 2.45) is 28.8 Å². The predicted octanol–water partition coefficient (Wildman–Crippen LogP) is 2.97. The SMILES string of the molecule is CC[C@H]1OC(=O)[C@H](C)[C@@H](OC(=O)Cc2cccnc2)[C@H](C)[C@@H](O[C@@H]2O[C@H](C)C[C@H](N(C)C)[C@H]2OC(C)=O)[C@@](C)(O)C[C@@H](C)/C(=N\OC(C)=O)[C@H](C)[C@@H](O)[C@]1(C)O. The zero-order valence-corrected chi connectivity index (χ0v) is 34.8. The number of aromatic nitrogens is 1. The van der Waals surface area contributed by atoms with E-state index in [9.17, 15) is 34.5 Å². The number of oxime groups is 1. The molecule has 2 fully saturated rings. The highest BCUT2D eigenvalue weighted by Crippen LogP contribution is 2.39. The molecule has 0 amide bonds. The fraction of sp³-hybridized carbons (Fsp3) is 0.750. The minimum Gasteiger partial charge on any atom is -0.461 e. The molecule has 1 aromatic rings. The van der Waals surface area contributed by atoms with Crippen molar-refractivity contribution in [1.82, 2.24) is 9.88 Å². The summed E-state index contributed by atoms with van der Waals surface area (Å²) in [4.78, 5) is 63.2. The highest BCUT2D eigenvalue weighted by atomic mass is 16.7. The van der Waals surface area contributed by atoms with Crippen LogP contribution in [0.15, 0.2) is 29.7 Å². The van der Waals surface area contributed by atoms with Gasteiger partial charge in [0.05, 0.1) is 48.0 Å². The molecule has 3 N–H and O–H groups in total. The Morgan fingerprint density at radius 3 is 2.23 bits per heavy atom. The molecule has 0 unspecified atom stereocenters. The summed E-state index contributed by atoms with van der Waals surface area (Å²) in [7, 11) is 3.67. The number of esters is 3. The molecule has 14 atom stereocenters. The van der Waals surface area contributed by atoms with Crippen LogP contribution in [0.1, 0.15) is 94.1 Å². The average molecular weight is 794 g/mol. The van der Waals surface area contributed by atoms with Gasteiger partial charge in [-0.15, -0.1) is 0 Å². The second-order valence-electron chi connectivity index (χ2n) is 16.2. The van der Waals surface area contributed by atoms with Gasteiger partial charge in [0.15, 0.2) is 12.4 Å². The van der Waals surface area contributed by atoms with Crippen LogP contribution in [-0.2, 0) is 54.1 Å². The molecular weight excluding hydrogens is 730 g/mol. The second-order valence-corrected chi connectivity index (χ2v) is 16.2. The van der Waals surface area contributed by atoms with Gasteiger partial charge in [-0.3, -0.25) is 19.4 Å². The van der Waals surface area contributed by atoms with Crippen LogP contribution in [0.4, 0.5) is 0 Å². The van der Waals surface area contributed by atoms with E-state index in [0.29, 0.717) is 12.0 Å². The van der Waals surface area contributed by atoms with Crippen LogP contribution < -0.4 is 0 Å². The van der Waals surface area contributed by atoms with Gasteiger partial charge in [0.2, 0.25) is 0 Å². The summed E-state index contributed by atoms with van der Waals surface area (Å²) in [6.07, 6.45) is -4.70. The first-order valence-corrected chi connectivity index (χ1v) is 19.3. The molecule has 16 heteroatoms. The van der Waals surface area contributed by atoms with E-state index in [1.54, 1.807) is 46.0 Å². The van der Waals surface area contributed by atoms with Crippen molar-refractivity contribution in [2.75, 3.05) is 14.1 Å².